The zero-order valence-electron chi connectivity index (χ0n) is 14.0. The number of amides is 1. The molecule has 0 heterocycles. The van der Waals surface area contributed by atoms with Gasteiger partial charge in [0.25, 0.3) is 5.91 Å². The minimum Gasteiger partial charge on any atom is -0.494 e. The molecule has 1 rings (SSSR count). The predicted molar refractivity (Wildman–Crippen MR) is 86.6 cm³/mol. The summed E-state index contributed by atoms with van der Waals surface area (Å²) in [6, 6.07) is 7.11. The van der Waals surface area contributed by atoms with E-state index < -0.39 is 0 Å². The standard InChI is InChI=1S/C17H25NO5/c1-4-11-18(12-10-17(20)21-3)16(19)13-23-15-8-6-14(7-9-15)22-5-2/h6-9H,4-5,10-13H2,1-3H3. The molecule has 1 aromatic rings. The van der Waals surface area contributed by atoms with E-state index in [9.17, 15) is 9.59 Å². The maximum Gasteiger partial charge on any atom is 0.307 e. The highest BCUT2D eigenvalue weighted by atomic mass is 16.5. The molecule has 6 nitrogen and oxygen atoms in total. The second-order valence-corrected chi connectivity index (χ2v) is 4.90. The van der Waals surface area contributed by atoms with Crippen LogP contribution in [0.1, 0.15) is 26.7 Å². The second-order valence-electron chi connectivity index (χ2n) is 4.90. The first-order chi connectivity index (χ1) is 11.1. The second kappa shape index (κ2) is 10.5. The molecular weight excluding hydrogens is 298 g/mol. The van der Waals surface area contributed by atoms with Crippen molar-refractivity contribution in [1.29, 1.82) is 0 Å². The van der Waals surface area contributed by atoms with Crippen molar-refractivity contribution in [2.75, 3.05) is 33.4 Å². The number of methoxy groups -OCH3 is 1. The fraction of sp³-hybridized carbons (Fsp3) is 0.529. The van der Waals surface area contributed by atoms with E-state index in [1.54, 1.807) is 29.2 Å². The molecule has 1 amide bonds. The molecular formula is C17H25NO5. The van der Waals surface area contributed by atoms with Crippen molar-refractivity contribution in [3.63, 3.8) is 0 Å². The average Bonchev–Trinajstić information content (AvgIpc) is 2.57. The third-order valence-electron chi connectivity index (χ3n) is 3.16. The van der Waals surface area contributed by atoms with E-state index in [-0.39, 0.29) is 24.9 Å². The van der Waals surface area contributed by atoms with Gasteiger partial charge in [-0.2, -0.15) is 0 Å². The molecule has 6 heteroatoms. The maximum atomic E-state index is 12.2. The maximum absolute atomic E-state index is 12.2. The molecule has 0 spiro atoms. The van der Waals surface area contributed by atoms with Crippen molar-refractivity contribution in [3.05, 3.63) is 24.3 Å². The number of carbonyl (C=O) groups excluding carboxylic acids is 2. The third-order valence-corrected chi connectivity index (χ3v) is 3.16. The van der Waals surface area contributed by atoms with Crippen molar-refractivity contribution in [3.8, 4) is 11.5 Å². The van der Waals surface area contributed by atoms with Gasteiger partial charge in [0.05, 0.1) is 20.1 Å². The molecule has 0 aromatic heterocycles. The van der Waals surface area contributed by atoms with Crippen LogP contribution >= 0.6 is 0 Å². The Morgan fingerprint density at radius 2 is 1.61 bits per heavy atom. The van der Waals surface area contributed by atoms with Crippen LogP contribution in [0.15, 0.2) is 24.3 Å². The average molecular weight is 323 g/mol. The normalized spacial score (nSPS) is 10.0. The van der Waals surface area contributed by atoms with Crippen molar-refractivity contribution >= 4 is 11.9 Å². The number of carbonyl (C=O) groups is 2. The first kappa shape index (κ1) is 18.8. The molecule has 0 bridgehead atoms. The van der Waals surface area contributed by atoms with Gasteiger partial charge in [0.2, 0.25) is 0 Å². The lowest BCUT2D eigenvalue weighted by atomic mass is 10.3. The molecule has 23 heavy (non-hydrogen) atoms. The van der Waals surface area contributed by atoms with Crippen molar-refractivity contribution < 1.29 is 23.8 Å². The van der Waals surface area contributed by atoms with Crippen LogP contribution in [-0.4, -0.2) is 50.2 Å². The highest BCUT2D eigenvalue weighted by Crippen LogP contribution is 2.17. The Hall–Kier alpha value is -2.24. The number of nitrogens with zero attached hydrogens (tertiary/aromatic N) is 1. The topological polar surface area (TPSA) is 65.1 Å². The Bertz CT molecular complexity index is 486. The Kier molecular flexibility index (Phi) is 8.57. The summed E-state index contributed by atoms with van der Waals surface area (Å²) < 4.78 is 15.4. The quantitative estimate of drug-likeness (QED) is 0.618. The Labute approximate surface area is 137 Å². The monoisotopic (exact) mass is 323 g/mol. The van der Waals surface area contributed by atoms with Gasteiger partial charge in [-0.15, -0.1) is 0 Å². The van der Waals surface area contributed by atoms with Gasteiger partial charge in [-0.25, -0.2) is 0 Å². The van der Waals surface area contributed by atoms with Crippen LogP contribution in [0.25, 0.3) is 0 Å². The van der Waals surface area contributed by atoms with Gasteiger partial charge in [0, 0.05) is 13.1 Å². The first-order valence-electron chi connectivity index (χ1n) is 7.80. The van der Waals surface area contributed by atoms with E-state index in [1.807, 2.05) is 13.8 Å². The molecule has 0 radical (unpaired) electrons. The summed E-state index contributed by atoms with van der Waals surface area (Å²) in [7, 11) is 1.34. The van der Waals surface area contributed by atoms with Crippen LogP contribution in [0.2, 0.25) is 0 Å². The zero-order chi connectivity index (χ0) is 17.1. The molecule has 0 fully saturated rings. The fourth-order valence-corrected chi connectivity index (χ4v) is 1.99. The SMILES string of the molecule is CCCN(CCC(=O)OC)C(=O)COc1ccc(OCC)cc1. The molecule has 128 valence electrons. The Balaban J connectivity index is 2.48. The van der Waals surface area contributed by atoms with Crippen LogP contribution in [0, 0.1) is 0 Å². The summed E-state index contributed by atoms with van der Waals surface area (Å²) in [6.07, 6.45) is 1.00. The number of hydrogen-bond acceptors (Lipinski definition) is 5. The highest BCUT2D eigenvalue weighted by molar-refractivity contribution is 5.78. The molecule has 0 aliphatic rings. The number of hydrogen-bond donors (Lipinski definition) is 0. The number of rotatable bonds is 10. The molecule has 0 aliphatic heterocycles. The molecule has 1 aromatic carbocycles. The van der Waals surface area contributed by atoms with Gasteiger partial charge in [-0.3, -0.25) is 9.59 Å². The lowest BCUT2D eigenvalue weighted by Crippen LogP contribution is -2.37. The van der Waals surface area contributed by atoms with E-state index >= 15 is 0 Å². The lowest BCUT2D eigenvalue weighted by molar-refractivity contribution is -0.142. The summed E-state index contributed by atoms with van der Waals surface area (Å²) in [5.74, 6) is 0.888. The van der Waals surface area contributed by atoms with E-state index in [1.165, 1.54) is 7.11 Å². The zero-order valence-corrected chi connectivity index (χ0v) is 14.0. The molecule has 0 saturated heterocycles. The molecule has 0 N–H and O–H groups in total. The van der Waals surface area contributed by atoms with E-state index in [4.69, 9.17) is 9.47 Å². The minimum absolute atomic E-state index is 0.0604. The first-order valence-corrected chi connectivity index (χ1v) is 7.80. The van der Waals surface area contributed by atoms with Crippen LogP contribution < -0.4 is 9.47 Å². The largest absolute Gasteiger partial charge is 0.494 e. The summed E-state index contributed by atoms with van der Waals surface area (Å²) in [5.41, 5.74) is 0. The highest BCUT2D eigenvalue weighted by Gasteiger charge is 2.15. The number of esters is 1. The Morgan fingerprint density at radius 1 is 1.00 bits per heavy atom. The summed E-state index contributed by atoms with van der Waals surface area (Å²) in [4.78, 5) is 25.0. The third kappa shape index (κ3) is 7.04. The van der Waals surface area contributed by atoms with Crippen molar-refractivity contribution in [2.45, 2.75) is 26.7 Å². The summed E-state index contributed by atoms with van der Waals surface area (Å²) in [5, 5.41) is 0. The lowest BCUT2D eigenvalue weighted by Gasteiger charge is -2.21. The Morgan fingerprint density at radius 3 is 2.13 bits per heavy atom. The molecule has 0 saturated carbocycles. The van der Waals surface area contributed by atoms with Crippen molar-refractivity contribution in [1.82, 2.24) is 4.90 Å². The van der Waals surface area contributed by atoms with Crippen LogP contribution in [-0.2, 0) is 14.3 Å². The predicted octanol–water partition coefficient (Wildman–Crippen LogP) is 2.27. The molecule has 0 atom stereocenters. The van der Waals surface area contributed by atoms with Gasteiger partial charge in [0.15, 0.2) is 6.61 Å². The number of benzene rings is 1. The fourth-order valence-electron chi connectivity index (χ4n) is 1.99. The van der Waals surface area contributed by atoms with Crippen LogP contribution in [0.4, 0.5) is 0 Å². The molecule has 0 aliphatic carbocycles. The van der Waals surface area contributed by atoms with E-state index in [0.717, 1.165) is 12.2 Å². The van der Waals surface area contributed by atoms with E-state index in [0.29, 0.717) is 25.4 Å². The van der Waals surface area contributed by atoms with Crippen LogP contribution in [0.5, 0.6) is 11.5 Å². The van der Waals surface area contributed by atoms with Gasteiger partial charge in [-0.05, 0) is 37.6 Å². The van der Waals surface area contributed by atoms with Gasteiger partial charge >= 0.3 is 5.97 Å². The van der Waals surface area contributed by atoms with Crippen LogP contribution in [0.3, 0.4) is 0 Å². The smallest absolute Gasteiger partial charge is 0.307 e. The number of ether oxygens (including phenoxy) is 3. The summed E-state index contributed by atoms with van der Waals surface area (Å²) >= 11 is 0. The van der Waals surface area contributed by atoms with Gasteiger partial charge < -0.3 is 19.1 Å². The molecule has 0 unspecified atom stereocenters. The van der Waals surface area contributed by atoms with E-state index in [2.05, 4.69) is 4.74 Å². The summed E-state index contributed by atoms with van der Waals surface area (Å²) in [6.45, 7) is 5.36. The van der Waals surface area contributed by atoms with Gasteiger partial charge in [-0.1, -0.05) is 6.92 Å². The van der Waals surface area contributed by atoms with Gasteiger partial charge in [0.1, 0.15) is 11.5 Å². The minimum atomic E-state index is -0.327. The van der Waals surface area contributed by atoms with Crippen molar-refractivity contribution in [2.24, 2.45) is 0 Å².